The van der Waals surface area contributed by atoms with Crippen molar-refractivity contribution < 1.29 is 4.79 Å². The molecule has 2 heterocycles. The maximum Gasteiger partial charge on any atom is 0.317 e. The topological polar surface area (TPSA) is 50.2 Å². The average Bonchev–Trinajstić information content (AvgIpc) is 2.98. The van der Waals surface area contributed by atoms with Crippen LogP contribution in [-0.4, -0.2) is 39.6 Å². The summed E-state index contributed by atoms with van der Waals surface area (Å²) >= 11 is 0. The van der Waals surface area contributed by atoms with E-state index in [1.807, 2.05) is 11.0 Å². The van der Waals surface area contributed by atoms with Crippen LogP contribution in [0, 0.1) is 6.92 Å². The largest absolute Gasteiger partial charge is 0.332 e. The molecule has 1 unspecified atom stereocenters. The minimum absolute atomic E-state index is 0.0854. The van der Waals surface area contributed by atoms with E-state index in [0.717, 1.165) is 56.5 Å². The number of aromatic nitrogens is 2. The number of likely N-dealkylation sites (tertiary alicyclic amines) is 1. The van der Waals surface area contributed by atoms with Gasteiger partial charge in [0.05, 0.1) is 11.0 Å². The van der Waals surface area contributed by atoms with Crippen molar-refractivity contribution in [1.82, 2.24) is 19.8 Å². The fourth-order valence-electron chi connectivity index (χ4n) is 4.14. The number of para-hydroxylation sites is 2. The van der Waals surface area contributed by atoms with E-state index in [2.05, 4.69) is 52.1 Å². The zero-order valence-electron chi connectivity index (χ0n) is 14.8. The molecule has 2 amide bonds. The van der Waals surface area contributed by atoms with E-state index in [1.54, 1.807) is 0 Å². The molecule has 0 saturated carbocycles. The van der Waals surface area contributed by atoms with Gasteiger partial charge in [-0.05, 0) is 51.2 Å². The predicted octanol–water partition coefficient (Wildman–Crippen LogP) is 3.80. The Hall–Kier alpha value is -2.30. The lowest BCUT2D eigenvalue weighted by molar-refractivity contribution is 0.169. The number of imidazole rings is 1. The number of urea groups is 1. The third-order valence-electron chi connectivity index (χ3n) is 5.45. The molecule has 2 aliphatic rings. The Kier molecular flexibility index (Phi) is 4.47. The summed E-state index contributed by atoms with van der Waals surface area (Å²) in [7, 11) is 0. The number of rotatable bonds is 2. The van der Waals surface area contributed by atoms with E-state index in [9.17, 15) is 4.79 Å². The second kappa shape index (κ2) is 6.90. The molecule has 0 spiro atoms. The number of nitrogens with zero attached hydrogens (tertiary/aromatic N) is 3. The van der Waals surface area contributed by atoms with Crippen LogP contribution in [0.2, 0.25) is 0 Å². The summed E-state index contributed by atoms with van der Waals surface area (Å²) < 4.78 is 2.36. The van der Waals surface area contributed by atoms with Gasteiger partial charge in [0.25, 0.3) is 0 Å². The van der Waals surface area contributed by atoms with Crippen molar-refractivity contribution in [2.24, 2.45) is 0 Å². The third kappa shape index (κ3) is 3.28. The van der Waals surface area contributed by atoms with Crippen molar-refractivity contribution in [2.45, 2.75) is 51.1 Å². The number of aryl methyl sites for hydroxylation is 1. The highest BCUT2D eigenvalue weighted by Gasteiger charge is 2.26. The molecular formula is C20H26N4O. The number of carbonyl (C=O) groups excluding carboxylic acids is 1. The molecule has 1 aromatic carbocycles. The number of allylic oxidation sites excluding steroid dienone is 1. The van der Waals surface area contributed by atoms with Crippen LogP contribution in [0.15, 0.2) is 36.4 Å². The molecule has 1 atom stereocenters. The van der Waals surface area contributed by atoms with E-state index in [4.69, 9.17) is 0 Å². The molecule has 1 fully saturated rings. The molecular weight excluding hydrogens is 312 g/mol. The second-order valence-electron chi connectivity index (χ2n) is 7.15. The Labute approximate surface area is 148 Å². The van der Waals surface area contributed by atoms with Crippen molar-refractivity contribution in [2.75, 3.05) is 13.1 Å². The highest BCUT2D eigenvalue weighted by atomic mass is 16.2. The van der Waals surface area contributed by atoms with Crippen LogP contribution in [0.1, 0.15) is 44.0 Å². The van der Waals surface area contributed by atoms with Gasteiger partial charge in [0.2, 0.25) is 0 Å². The first-order valence-corrected chi connectivity index (χ1v) is 9.38. The summed E-state index contributed by atoms with van der Waals surface area (Å²) in [5.74, 6) is 1.07. The van der Waals surface area contributed by atoms with Gasteiger partial charge in [-0.1, -0.05) is 24.3 Å². The third-order valence-corrected chi connectivity index (χ3v) is 5.45. The van der Waals surface area contributed by atoms with Crippen LogP contribution in [0.25, 0.3) is 11.0 Å². The Bertz CT molecular complexity index is 786. The first-order chi connectivity index (χ1) is 12.2. The van der Waals surface area contributed by atoms with Gasteiger partial charge in [-0.15, -0.1) is 0 Å². The summed E-state index contributed by atoms with van der Waals surface area (Å²) in [4.78, 5) is 19.1. The molecule has 1 aliphatic carbocycles. The fourth-order valence-corrected chi connectivity index (χ4v) is 4.14. The number of nitrogens with one attached hydrogen (secondary N) is 1. The van der Waals surface area contributed by atoms with E-state index >= 15 is 0 Å². The van der Waals surface area contributed by atoms with Crippen LogP contribution in [0.3, 0.4) is 0 Å². The molecule has 0 radical (unpaired) electrons. The molecule has 1 N–H and O–H groups in total. The van der Waals surface area contributed by atoms with Crippen molar-refractivity contribution in [1.29, 1.82) is 0 Å². The first-order valence-electron chi connectivity index (χ1n) is 9.38. The predicted molar refractivity (Wildman–Crippen MR) is 99.6 cm³/mol. The van der Waals surface area contributed by atoms with Crippen LogP contribution < -0.4 is 5.32 Å². The molecule has 132 valence electrons. The number of piperidine rings is 1. The van der Waals surface area contributed by atoms with E-state index in [0.29, 0.717) is 6.04 Å². The Morgan fingerprint density at radius 1 is 1.20 bits per heavy atom. The Balaban J connectivity index is 1.41. The molecule has 1 saturated heterocycles. The maximum atomic E-state index is 12.5. The summed E-state index contributed by atoms with van der Waals surface area (Å²) in [6, 6.07) is 9.03. The summed E-state index contributed by atoms with van der Waals surface area (Å²) in [6.07, 6.45) is 9.62. The summed E-state index contributed by atoms with van der Waals surface area (Å²) in [5, 5.41) is 3.16. The zero-order valence-corrected chi connectivity index (χ0v) is 14.8. The zero-order chi connectivity index (χ0) is 17.2. The van der Waals surface area contributed by atoms with Gasteiger partial charge in [-0.3, -0.25) is 0 Å². The van der Waals surface area contributed by atoms with Crippen LogP contribution in [0.5, 0.6) is 0 Å². The summed E-state index contributed by atoms with van der Waals surface area (Å²) in [6.45, 7) is 3.69. The van der Waals surface area contributed by atoms with E-state index < -0.39 is 0 Å². The van der Waals surface area contributed by atoms with Gasteiger partial charge in [0, 0.05) is 25.2 Å². The molecule has 5 heteroatoms. The van der Waals surface area contributed by atoms with Gasteiger partial charge in [0.15, 0.2) is 0 Å². The van der Waals surface area contributed by atoms with Crippen molar-refractivity contribution >= 4 is 17.1 Å². The molecule has 1 aliphatic heterocycles. The van der Waals surface area contributed by atoms with Gasteiger partial charge in [-0.2, -0.15) is 0 Å². The summed E-state index contributed by atoms with van der Waals surface area (Å²) in [5.41, 5.74) is 2.26. The van der Waals surface area contributed by atoms with Gasteiger partial charge in [0.1, 0.15) is 5.82 Å². The quantitative estimate of drug-likeness (QED) is 0.847. The monoisotopic (exact) mass is 338 g/mol. The molecule has 1 aromatic heterocycles. The maximum absolute atomic E-state index is 12.5. The molecule has 2 aromatic rings. The van der Waals surface area contributed by atoms with Crippen LogP contribution in [-0.2, 0) is 0 Å². The number of benzene rings is 1. The number of hydrogen-bond acceptors (Lipinski definition) is 2. The van der Waals surface area contributed by atoms with Crippen molar-refractivity contribution in [3.05, 3.63) is 42.2 Å². The smallest absolute Gasteiger partial charge is 0.317 e. The second-order valence-corrected chi connectivity index (χ2v) is 7.15. The van der Waals surface area contributed by atoms with E-state index in [1.165, 1.54) is 5.52 Å². The fraction of sp³-hybridized carbons (Fsp3) is 0.500. The van der Waals surface area contributed by atoms with Gasteiger partial charge in [-0.25, -0.2) is 9.78 Å². The standard InChI is InChI=1S/C20H26N4O/c1-15-21-18-9-5-6-10-19(18)24(15)17-11-13-23(14-12-17)20(25)22-16-7-3-2-4-8-16/h3,5-7,9-10,16-17H,2,4,8,11-14H2,1H3,(H,22,25). The highest BCUT2D eigenvalue weighted by molar-refractivity contribution is 5.76. The number of fused-ring (bicyclic) bond motifs is 1. The Morgan fingerprint density at radius 2 is 2.00 bits per heavy atom. The van der Waals surface area contributed by atoms with Crippen molar-refractivity contribution in [3.8, 4) is 0 Å². The molecule has 5 nitrogen and oxygen atoms in total. The lowest BCUT2D eigenvalue weighted by Crippen LogP contribution is -2.47. The minimum atomic E-state index is 0.0854. The number of amides is 2. The molecule has 4 rings (SSSR count). The first kappa shape index (κ1) is 16.2. The number of hydrogen-bond donors (Lipinski definition) is 1. The highest BCUT2D eigenvalue weighted by Crippen LogP contribution is 2.28. The number of carbonyl (C=O) groups is 1. The van der Waals surface area contributed by atoms with E-state index in [-0.39, 0.29) is 12.1 Å². The Morgan fingerprint density at radius 3 is 2.76 bits per heavy atom. The van der Waals surface area contributed by atoms with Gasteiger partial charge < -0.3 is 14.8 Å². The minimum Gasteiger partial charge on any atom is -0.332 e. The van der Waals surface area contributed by atoms with Crippen LogP contribution >= 0.6 is 0 Å². The van der Waals surface area contributed by atoms with Gasteiger partial charge >= 0.3 is 6.03 Å². The SMILES string of the molecule is Cc1nc2ccccc2n1C1CCN(C(=O)NC2C=CCCC2)CC1. The lowest BCUT2D eigenvalue weighted by Gasteiger charge is -2.34. The molecule has 0 bridgehead atoms. The lowest BCUT2D eigenvalue weighted by atomic mass is 10.0. The van der Waals surface area contributed by atoms with Crippen molar-refractivity contribution in [3.63, 3.8) is 0 Å². The van der Waals surface area contributed by atoms with Crippen LogP contribution in [0.4, 0.5) is 4.79 Å². The normalized spacial score (nSPS) is 21.6. The average molecular weight is 338 g/mol. The molecule has 25 heavy (non-hydrogen) atoms.